The Bertz CT molecular complexity index is 1450. The van der Waals surface area contributed by atoms with Gasteiger partial charge in [0.15, 0.2) is 11.3 Å². The highest BCUT2D eigenvalue weighted by molar-refractivity contribution is 5.87. The summed E-state index contributed by atoms with van der Waals surface area (Å²) in [6, 6.07) is 3.92. The number of fused-ring (bicyclic) bond motifs is 2. The van der Waals surface area contributed by atoms with E-state index in [4.69, 9.17) is 9.15 Å². The van der Waals surface area contributed by atoms with Gasteiger partial charge in [0.2, 0.25) is 11.8 Å². The highest BCUT2D eigenvalue weighted by Crippen LogP contribution is 2.48. The molecule has 11 heteroatoms. The third-order valence-corrected chi connectivity index (χ3v) is 5.55. The van der Waals surface area contributed by atoms with Gasteiger partial charge in [0.25, 0.3) is 5.89 Å². The van der Waals surface area contributed by atoms with Crippen LogP contribution in [0.25, 0.3) is 27.8 Å². The number of pyridine rings is 1. The van der Waals surface area contributed by atoms with Crippen LogP contribution in [0, 0.1) is 6.92 Å². The smallest absolute Gasteiger partial charge is 0.253 e. The van der Waals surface area contributed by atoms with Crippen molar-refractivity contribution in [2.24, 2.45) is 0 Å². The first-order valence-electron chi connectivity index (χ1n) is 9.77. The molecule has 10 nitrogen and oxygen atoms in total. The van der Waals surface area contributed by atoms with Gasteiger partial charge in [0, 0.05) is 23.5 Å². The summed E-state index contributed by atoms with van der Waals surface area (Å²) < 4.78 is 28.8. The molecule has 0 aromatic carbocycles. The minimum absolute atomic E-state index is 0.0516. The molecule has 0 spiro atoms. The van der Waals surface area contributed by atoms with Crippen LogP contribution in [0.1, 0.15) is 30.4 Å². The number of rotatable bonds is 5. The van der Waals surface area contributed by atoms with Crippen molar-refractivity contribution < 1.29 is 13.5 Å². The molecule has 0 atom stereocenters. The molecule has 156 valence electrons. The maximum atomic E-state index is 14.2. The predicted octanol–water partition coefficient (Wildman–Crippen LogP) is 2.85. The fourth-order valence-electron chi connectivity index (χ4n) is 3.73. The number of nitrogens with zero attached hydrogens (tertiary/aromatic N) is 8. The molecule has 31 heavy (non-hydrogen) atoms. The Morgan fingerprint density at radius 2 is 2.13 bits per heavy atom. The molecule has 0 amide bonds. The van der Waals surface area contributed by atoms with E-state index in [1.807, 2.05) is 29.8 Å². The summed E-state index contributed by atoms with van der Waals surface area (Å²) >= 11 is 0. The van der Waals surface area contributed by atoms with Gasteiger partial charge < -0.3 is 13.7 Å². The molecule has 1 aliphatic carbocycles. The summed E-state index contributed by atoms with van der Waals surface area (Å²) in [6.07, 6.45) is 5.89. The van der Waals surface area contributed by atoms with E-state index in [0.717, 1.165) is 28.0 Å². The summed E-state index contributed by atoms with van der Waals surface area (Å²) in [5.41, 5.74) is 2.42. The van der Waals surface area contributed by atoms with Gasteiger partial charge in [0.1, 0.15) is 24.2 Å². The first-order valence-corrected chi connectivity index (χ1v) is 9.77. The minimum Gasteiger partial charge on any atom is -0.479 e. The van der Waals surface area contributed by atoms with Crippen molar-refractivity contribution in [1.82, 2.24) is 39.3 Å². The molecule has 0 unspecified atom stereocenters. The number of methoxy groups -OCH3 is 1. The van der Waals surface area contributed by atoms with Gasteiger partial charge in [-0.3, -0.25) is 0 Å². The van der Waals surface area contributed by atoms with E-state index in [2.05, 4.69) is 30.2 Å². The average molecular weight is 420 g/mol. The van der Waals surface area contributed by atoms with Crippen LogP contribution in [0.15, 0.2) is 35.3 Å². The average Bonchev–Trinajstić information content (AvgIpc) is 3.14. The van der Waals surface area contributed by atoms with Gasteiger partial charge in [-0.25, -0.2) is 18.9 Å². The number of halogens is 1. The van der Waals surface area contributed by atoms with Crippen molar-refractivity contribution in [3.05, 3.63) is 48.5 Å². The first kappa shape index (κ1) is 17.9. The lowest BCUT2D eigenvalue weighted by Crippen LogP contribution is -2.02. The lowest BCUT2D eigenvalue weighted by atomic mass is 10.1. The normalized spacial score (nSPS) is 15.1. The van der Waals surface area contributed by atoms with Crippen molar-refractivity contribution in [3.63, 3.8) is 0 Å². The Kier molecular flexibility index (Phi) is 3.64. The second-order valence-corrected chi connectivity index (χ2v) is 7.57. The van der Waals surface area contributed by atoms with E-state index in [1.54, 1.807) is 17.8 Å². The Balaban J connectivity index is 1.44. The molecule has 0 bridgehead atoms. The number of alkyl halides is 1. The van der Waals surface area contributed by atoms with Crippen LogP contribution in [0.4, 0.5) is 4.39 Å². The summed E-state index contributed by atoms with van der Waals surface area (Å²) in [4.78, 5) is 13.3. The molecule has 1 fully saturated rings. The van der Waals surface area contributed by atoms with Crippen LogP contribution in [0.5, 0.6) is 5.88 Å². The minimum atomic E-state index is -1.45. The van der Waals surface area contributed by atoms with Crippen LogP contribution in [-0.2, 0) is 12.2 Å². The summed E-state index contributed by atoms with van der Waals surface area (Å²) in [7, 11) is 1.57. The highest BCUT2D eigenvalue weighted by Gasteiger charge is 2.50. The van der Waals surface area contributed by atoms with E-state index < -0.39 is 5.67 Å². The number of hydrogen-bond acceptors (Lipinski definition) is 8. The molecule has 6 rings (SSSR count). The van der Waals surface area contributed by atoms with Gasteiger partial charge in [-0.2, -0.15) is 10.1 Å². The number of hydrogen-bond donors (Lipinski definition) is 0. The van der Waals surface area contributed by atoms with Crippen molar-refractivity contribution in [2.45, 2.75) is 32.0 Å². The molecule has 5 aromatic rings. The first-order chi connectivity index (χ1) is 15.1. The van der Waals surface area contributed by atoms with Crippen LogP contribution in [0.3, 0.4) is 0 Å². The van der Waals surface area contributed by atoms with Gasteiger partial charge in [-0.15, -0.1) is 10.2 Å². The van der Waals surface area contributed by atoms with Crippen molar-refractivity contribution in [3.8, 4) is 17.0 Å². The zero-order chi connectivity index (χ0) is 21.2. The lowest BCUT2D eigenvalue weighted by Gasteiger charge is -2.06. The van der Waals surface area contributed by atoms with E-state index in [1.165, 1.54) is 6.33 Å². The number of imidazole rings is 1. The zero-order valence-corrected chi connectivity index (χ0v) is 16.8. The SMILES string of the molecule is COc1ncnn2ccc(-c3cnc4nc(C)n(Cc5nnc(C6(F)CC6)o5)c4c3)c12. The van der Waals surface area contributed by atoms with E-state index in [-0.39, 0.29) is 12.4 Å². The summed E-state index contributed by atoms with van der Waals surface area (Å²) in [5, 5.41) is 12.1. The quantitative estimate of drug-likeness (QED) is 0.427. The van der Waals surface area contributed by atoms with Crippen LogP contribution in [0.2, 0.25) is 0 Å². The van der Waals surface area contributed by atoms with E-state index in [0.29, 0.717) is 30.3 Å². The standard InChI is InChI=1S/C20H17FN8O2/c1-11-25-17-14(28(11)9-15-26-27-19(31-15)20(21)4-5-20)7-12(8-22-17)13-3-6-29-16(13)18(30-2)23-10-24-29/h3,6-8,10H,4-5,9H2,1-2H3. The molecule has 1 saturated carbocycles. The molecular weight excluding hydrogens is 403 g/mol. The van der Waals surface area contributed by atoms with Crippen molar-refractivity contribution in [2.75, 3.05) is 7.11 Å². The van der Waals surface area contributed by atoms with E-state index in [9.17, 15) is 4.39 Å². The fraction of sp³-hybridized carbons (Fsp3) is 0.300. The van der Waals surface area contributed by atoms with Crippen LogP contribution >= 0.6 is 0 Å². The van der Waals surface area contributed by atoms with E-state index >= 15 is 0 Å². The van der Waals surface area contributed by atoms with Gasteiger partial charge in [-0.1, -0.05) is 0 Å². The monoisotopic (exact) mass is 420 g/mol. The molecule has 5 heterocycles. The second kappa shape index (κ2) is 6.30. The summed E-state index contributed by atoms with van der Waals surface area (Å²) in [6.45, 7) is 2.15. The summed E-state index contributed by atoms with van der Waals surface area (Å²) in [5.74, 6) is 1.59. The Labute approximate surface area is 174 Å². The maximum absolute atomic E-state index is 14.2. The Morgan fingerprint density at radius 3 is 2.94 bits per heavy atom. The van der Waals surface area contributed by atoms with Gasteiger partial charge >= 0.3 is 0 Å². The Hall–Kier alpha value is -3.89. The number of ether oxygens (including phenoxy) is 1. The highest BCUT2D eigenvalue weighted by atomic mass is 19.1. The fourth-order valence-corrected chi connectivity index (χ4v) is 3.73. The third kappa shape index (κ3) is 2.76. The molecule has 0 saturated heterocycles. The topological polar surface area (TPSA) is 109 Å². The van der Waals surface area contributed by atoms with Crippen LogP contribution < -0.4 is 4.74 Å². The van der Waals surface area contributed by atoms with Crippen molar-refractivity contribution in [1.29, 1.82) is 0 Å². The van der Waals surface area contributed by atoms with Crippen LogP contribution in [-0.4, -0.2) is 46.4 Å². The predicted molar refractivity (Wildman–Crippen MR) is 106 cm³/mol. The third-order valence-electron chi connectivity index (χ3n) is 5.55. The molecule has 0 radical (unpaired) electrons. The molecule has 5 aromatic heterocycles. The number of aromatic nitrogens is 8. The van der Waals surface area contributed by atoms with Gasteiger partial charge in [-0.05, 0) is 31.9 Å². The molecule has 0 N–H and O–H groups in total. The number of aryl methyl sites for hydroxylation is 1. The van der Waals surface area contributed by atoms with Gasteiger partial charge in [0.05, 0.1) is 12.6 Å². The van der Waals surface area contributed by atoms with Crippen molar-refractivity contribution >= 4 is 16.7 Å². The second-order valence-electron chi connectivity index (χ2n) is 7.57. The Morgan fingerprint density at radius 1 is 1.26 bits per heavy atom. The molecular formula is C20H17FN8O2. The zero-order valence-electron chi connectivity index (χ0n) is 16.8. The largest absolute Gasteiger partial charge is 0.479 e. The molecule has 0 aliphatic heterocycles. The maximum Gasteiger partial charge on any atom is 0.253 e. The lowest BCUT2D eigenvalue weighted by molar-refractivity contribution is 0.245. The molecule has 1 aliphatic rings.